The Morgan fingerprint density at radius 3 is 1.56 bits per heavy atom. The SMILES string of the molecule is c1ccc(-c2cc(-c3cccc4c3ccc3c(-c5ccc(N(c6ccccc6)c6ccccc6)cc5)nc5ccccc5c34)nc(-c3ccccc3)n2)cc1. The summed E-state index contributed by atoms with van der Waals surface area (Å²) in [6.45, 7) is 0. The van der Waals surface area contributed by atoms with Gasteiger partial charge in [-0.05, 0) is 59.3 Å². The van der Waals surface area contributed by atoms with Gasteiger partial charge in [0, 0.05) is 55.5 Å². The summed E-state index contributed by atoms with van der Waals surface area (Å²) in [4.78, 5) is 17.8. The molecule has 0 aliphatic heterocycles. The van der Waals surface area contributed by atoms with Crippen LogP contribution in [0.5, 0.6) is 0 Å². The van der Waals surface area contributed by atoms with E-state index in [9.17, 15) is 0 Å². The van der Waals surface area contributed by atoms with Gasteiger partial charge >= 0.3 is 0 Å². The fourth-order valence-corrected chi connectivity index (χ4v) is 7.68. The van der Waals surface area contributed by atoms with Gasteiger partial charge in [-0.3, -0.25) is 0 Å². The molecule has 0 aliphatic carbocycles. The summed E-state index contributed by atoms with van der Waals surface area (Å²) in [5.41, 5.74) is 11.1. The Labute approximate surface area is 319 Å². The lowest BCUT2D eigenvalue weighted by Crippen LogP contribution is -2.09. The lowest BCUT2D eigenvalue weighted by Gasteiger charge is -2.25. The van der Waals surface area contributed by atoms with E-state index >= 15 is 0 Å². The first kappa shape index (κ1) is 32.2. The predicted octanol–water partition coefficient (Wildman–Crippen LogP) is 13.5. The van der Waals surface area contributed by atoms with Crippen molar-refractivity contribution in [1.82, 2.24) is 15.0 Å². The van der Waals surface area contributed by atoms with Crippen LogP contribution in [0.15, 0.2) is 206 Å². The van der Waals surface area contributed by atoms with Crippen molar-refractivity contribution in [2.24, 2.45) is 0 Å². The Hall–Kier alpha value is -7.43. The van der Waals surface area contributed by atoms with E-state index in [1.165, 1.54) is 5.39 Å². The first-order valence-corrected chi connectivity index (χ1v) is 18.5. The Kier molecular flexibility index (Phi) is 8.12. The summed E-state index contributed by atoms with van der Waals surface area (Å²) >= 11 is 0. The standard InChI is InChI=1S/C51H34N4/c1-5-16-35(17-6-1)47-34-48(54-51(53-47)37-18-7-2-8-19-37)42-25-15-26-43-41(42)32-33-45-49(43)44-24-13-14-27-46(44)52-50(45)36-28-30-40(31-29-36)55(38-20-9-3-10-21-38)39-22-11-4-12-23-39/h1-34H. The number of hydrogen-bond donors (Lipinski definition) is 0. The molecule has 0 unspecified atom stereocenters. The van der Waals surface area contributed by atoms with Gasteiger partial charge < -0.3 is 4.90 Å². The topological polar surface area (TPSA) is 41.9 Å². The van der Waals surface area contributed by atoms with Gasteiger partial charge in [-0.25, -0.2) is 15.0 Å². The molecule has 0 saturated carbocycles. The molecule has 4 heteroatoms. The van der Waals surface area contributed by atoms with E-state index in [0.29, 0.717) is 5.82 Å². The van der Waals surface area contributed by atoms with Crippen molar-refractivity contribution in [3.8, 4) is 45.2 Å². The molecular weight excluding hydrogens is 669 g/mol. The summed E-state index contributed by atoms with van der Waals surface area (Å²) < 4.78 is 0. The van der Waals surface area contributed by atoms with Crippen LogP contribution in [0.1, 0.15) is 0 Å². The second kappa shape index (κ2) is 13.8. The van der Waals surface area contributed by atoms with Gasteiger partial charge in [-0.1, -0.05) is 158 Å². The Morgan fingerprint density at radius 1 is 0.327 bits per heavy atom. The largest absolute Gasteiger partial charge is 0.311 e. The van der Waals surface area contributed by atoms with Crippen LogP contribution in [-0.4, -0.2) is 15.0 Å². The molecule has 258 valence electrons. The highest BCUT2D eigenvalue weighted by molar-refractivity contribution is 6.24. The van der Waals surface area contributed by atoms with Gasteiger partial charge in [0.05, 0.1) is 22.6 Å². The van der Waals surface area contributed by atoms with Gasteiger partial charge in [0.2, 0.25) is 0 Å². The van der Waals surface area contributed by atoms with E-state index in [-0.39, 0.29) is 0 Å². The molecule has 0 radical (unpaired) electrons. The van der Waals surface area contributed by atoms with Crippen molar-refractivity contribution in [3.63, 3.8) is 0 Å². The Morgan fingerprint density at radius 2 is 0.873 bits per heavy atom. The number of rotatable bonds is 7. The van der Waals surface area contributed by atoms with Gasteiger partial charge in [-0.15, -0.1) is 0 Å². The average Bonchev–Trinajstić information content (AvgIpc) is 3.27. The fraction of sp³-hybridized carbons (Fsp3) is 0. The smallest absolute Gasteiger partial charge is 0.160 e. The number of fused-ring (bicyclic) bond motifs is 5. The quantitative estimate of drug-likeness (QED) is 0.155. The van der Waals surface area contributed by atoms with Gasteiger partial charge in [0.25, 0.3) is 0 Å². The zero-order valence-electron chi connectivity index (χ0n) is 29.9. The Bertz CT molecular complexity index is 2850. The molecule has 0 atom stereocenters. The minimum atomic E-state index is 0.702. The number of nitrogens with zero attached hydrogens (tertiary/aromatic N) is 4. The molecule has 0 saturated heterocycles. The van der Waals surface area contributed by atoms with E-state index in [4.69, 9.17) is 15.0 Å². The minimum absolute atomic E-state index is 0.702. The van der Waals surface area contributed by atoms with Gasteiger partial charge in [-0.2, -0.15) is 0 Å². The number of aromatic nitrogens is 3. The number of anilines is 3. The lowest BCUT2D eigenvalue weighted by atomic mass is 9.92. The van der Waals surface area contributed by atoms with Crippen LogP contribution in [0.25, 0.3) is 77.6 Å². The van der Waals surface area contributed by atoms with Crippen LogP contribution in [0.3, 0.4) is 0 Å². The van der Waals surface area contributed by atoms with Crippen molar-refractivity contribution < 1.29 is 0 Å². The highest BCUT2D eigenvalue weighted by Gasteiger charge is 2.18. The molecule has 2 heterocycles. The van der Waals surface area contributed by atoms with Gasteiger partial charge in [0.1, 0.15) is 0 Å². The highest BCUT2D eigenvalue weighted by atomic mass is 15.1. The van der Waals surface area contributed by atoms with Crippen LogP contribution >= 0.6 is 0 Å². The molecule has 0 aliphatic rings. The zero-order valence-corrected chi connectivity index (χ0v) is 29.9. The number of benzene rings is 8. The third-order valence-corrected chi connectivity index (χ3v) is 10.3. The summed E-state index contributed by atoms with van der Waals surface area (Å²) in [5, 5.41) is 5.70. The maximum atomic E-state index is 5.31. The minimum Gasteiger partial charge on any atom is -0.311 e. The number of pyridine rings is 1. The first-order valence-electron chi connectivity index (χ1n) is 18.5. The third-order valence-electron chi connectivity index (χ3n) is 10.3. The van der Waals surface area contributed by atoms with Crippen molar-refractivity contribution in [2.45, 2.75) is 0 Å². The monoisotopic (exact) mass is 702 g/mol. The van der Waals surface area contributed by atoms with E-state index in [0.717, 1.165) is 83.5 Å². The second-order valence-electron chi connectivity index (χ2n) is 13.6. The van der Waals surface area contributed by atoms with Crippen molar-refractivity contribution in [2.75, 3.05) is 4.90 Å². The van der Waals surface area contributed by atoms with Crippen molar-refractivity contribution >= 4 is 49.5 Å². The van der Waals surface area contributed by atoms with Crippen LogP contribution < -0.4 is 4.90 Å². The van der Waals surface area contributed by atoms with Crippen molar-refractivity contribution in [1.29, 1.82) is 0 Å². The molecule has 0 bridgehead atoms. The predicted molar refractivity (Wildman–Crippen MR) is 229 cm³/mol. The lowest BCUT2D eigenvalue weighted by molar-refractivity contribution is 1.18. The molecule has 0 fully saturated rings. The normalized spacial score (nSPS) is 11.3. The molecule has 0 amide bonds. The van der Waals surface area contributed by atoms with Gasteiger partial charge in [0.15, 0.2) is 5.82 Å². The van der Waals surface area contributed by atoms with Crippen LogP contribution in [0.2, 0.25) is 0 Å². The van der Waals surface area contributed by atoms with E-state index in [1.807, 2.05) is 24.3 Å². The molecule has 8 aromatic carbocycles. The molecule has 4 nitrogen and oxygen atoms in total. The van der Waals surface area contributed by atoms with E-state index in [2.05, 4.69) is 187 Å². The molecule has 10 aromatic rings. The average molecular weight is 703 g/mol. The maximum absolute atomic E-state index is 5.31. The Balaban J connectivity index is 1.15. The molecule has 0 spiro atoms. The van der Waals surface area contributed by atoms with E-state index < -0.39 is 0 Å². The summed E-state index contributed by atoms with van der Waals surface area (Å²) in [5.74, 6) is 0.702. The molecular formula is C51H34N4. The summed E-state index contributed by atoms with van der Waals surface area (Å²) in [6, 6.07) is 72.0. The van der Waals surface area contributed by atoms with Crippen LogP contribution in [0.4, 0.5) is 17.1 Å². The maximum Gasteiger partial charge on any atom is 0.160 e. The number of para-hydroxylation sites is 3. The molecule has 2 aromatic heterocycles. The van der Waals surface area contributed by atoms with Crippen molar-refractivity contribution in [3.05, 3.63) is 206 Å². The first-order chi connectivity index (χ1) is 27.3. The zero-order chi connectivity index (χ0) is 36.6. The molecule has 55 heavy (non-hydrogen) atoms. The highest BCUT2D eigenvalue weighted by Crippen LogP contribution is 2.41. The summed E-state index contributed by atoms with van der Waals surface area (Å²) in [7, 11) is 0. The van der Waals surface area contributed by atoms with E-state index in [1.54, 1.807) is 0 Å². The summed E-state index contributed by atoms with van der Waals surface area (Å²) in [6.07, 6.45) is 0. The second-order valence-corrected chi connectivity index (χ2v) is 13.6. The molecule has 10 rings (SSSR count). The van der Waals surface area contributed by atoms with Crippen LogP contribution in [-0.2, 0) is 0 Å². The fourth-order valence-electron chi connectivity index (χ4n) is 7.68. The third kappa shape index (κ3) is 5.96. The van der Waals surface area contributed by atoms with Crippen LogP contribution in [0, 0.1) is 0 Å². The molecule has 0 N–H and O–H groups in total. The number of hydrogen-bond acceptors (Lipinski definition) is 4.